The van der Waals surface area contributed by atoms with Crippen LogP contribution in [0.4, 0.5) is 21.9 Å². The van der Waals surface area contributed by atoms with E-state index < -0.39 is 28.1 Å². The molecule has 1 aliphatic heterocycles. The van der Waals surface area contributed by atoms with Gasteiger partial charge in [0.15, 0.2) is 0 Å². The van der Waals surface area contributed by atoms with E-state index in [0.717, 1.165) is 0 Å². The minimum Gasteiger partial charge on any atom is -0.431 e. The number of amides is 2. The van der Waals surface area contributed by atoms with Crippen LogP contribution in [0.3, 0.4) is 0 Å². The number of hydrogen-bond acceptors (Lipinski definition) is 5. The highest BCUT2D eigenvalue weighted by Crippen LogP contribution is 2.30. The molecule has 0 aromatic heterocycles. The molecule has 1 aliphatic rings. The SMILES string of the molecule is Cc1cc(NC(=O)C(OC(=O)Nc2ccc(Cl)cc2)c2ccccc2)ccc1N1CCCS1(=O)=O. The summed E-state index contributed by atoms with van der Waals surface area (Å²) in [6, 6.07) is 20.1. The normalized spacial score (nSPS) is 15.3. The third-order valence-electron chi connectivity index (χ3n) is 5.49. The lowest BCUT2D eigenvalue weighted by Gasteiger charge is -2.21. The van der Waals surface area contributed by atoms with Gasteiger partial charge >= 0.3 is 6.09 Å². The summed E-state index contributed by atoms with van der Waals surface area (Å²) < 4.78 is 31.4. The summed E-state index contributed by atoms with van der Waals surface area (Å²) in [6.45, 7) is 2.21. The molecule has 0 spiro atoms. The molecule has 0 radical (unpaired) electrons. The molecular formula is C25H24ClN3O5S. The Hall–Kier alpha value is -3.56. The first-order chi connectivity index (χ1) is 16.7. The molecule has 1 heterocycles. The zero-order valence-electron chi connectivity index (χ0n) is 18.9. The van der Waals surface area contributed by atoms with Crippen molar-refractivity contribution in [2.24, 2.45) is 0 Å². The summed E-state index contributed by atoms with van der Waals surface area (Å²) in [5.74, 6) is -0.428. The molecule has 0 aliphatic carbocycles. The molecule has 3 aromatic carbocycles. The van der Waals surface area contributed by atoms with Crippen LogP contribution >= 0.6 is 11.6 Å². The predicted octanol–water partition coefficient (Wildman–Crippen LogP) is 5.12. The lowest BCUT2D eigenvalue weighted by atomic mass is 10.1. The van der Waals surface area contributed by atoms with Gasteiger partial charge in [-0.2, -0.15) is 0 Å². The van der Waals surface area contributed by atoms with Crippen LogP contribution < -0.4 is 14.9 Å². The number of benzene rings is 3. The zero-order valence-corrected chi connectivity index (χ0v) is 20.5. The van der Waals surface area contributed by atoms with Crippen LogP contribution in [0, 0.1) is 6.92 Å². The molecule has 35 heavy (non-hydrogen) atoms. The second-order valence-electron chi connectivity index (χ2n) is 8.06. The molecule has 1 fully saturated rings. The standard InChI is InChI=1S/C25H24ClN3O5S/c1-17-16-21(12-13-22(17)29-14-5-15-35(29,32)33)27-24(30)23(18-6-3-2-4-7-18)34-25(31)28-20-10-8-19(26)9-11-20/h2-4,6-13,16,23H,5,14-15H2,1H3,(H,27,30)(H,28,31). The number of ether oxygens (including phenoxy) is 1. The number of nitrogens with one attached hydrogen (secondary N) is 2. The summed E-state index contributed by atoms with van der Waals surface area (Å²) in [5.41, 5.74) is 2.70. The Labute approximate surface area is 208 Å². The van der Waals surface area contributed by atoms with E-state index in [1.807, 2.05) is 0 Å². The number of sulfonamides is 1. The van der Waals surface area contributed by atoms with Crippen LogP contribution in [0.25, 0.3) is 0 Å². The third-order valence-corrected chi connectivity index (χ3v) is 7.60. The number of carbonyl (C=O) groups excluding carboxylic acids is 2. The van der Waals surface area contributed by atoms with E-state index in [9.17, 15) is 18.0 Å². The van der Waals surface area contributed by atoms with Gasteiger partial charge in [0.2, 0.25) is 16.1 Å². The summed E-state index contributed by atoms with van der Waals surface area (Å²) in [5, 5.41) is 5.87. The van der Waals surface area contributed by atoms with Gasteiger partial charge in [0.05, 0.1) is 11.4 Å². The molecule has 8 nitrogen and oxygen atoms in total. The van der Waals surface area contributed by atoms with E-state index in [1.54, 1.807) is 79.7 Å². The van der Waals surface area contributed by atoms with Gasteiger partial charge in [0.1, 0.15) is 0 Å². The second kappa shape index (κ2) is 10.4. The molecule has 1 atom stereocenters. The first-order valence-corrected chi connectivity index (χ1v) is 12.9. The van der Waals surface area contributed by atoms with Gasteiger partial charge in [-0.05, 0) is 61.4 Å². The Morgan fingerprint density at radius 2 is 1.66 bits per heavy atom. The lowest BCUT2D eigenvalue weighted by Crippen LogP contribution is -2.28. The smallest absolute Gasteiger partial charge is 0.412 e. The number of nitrogens with zero attached hydrogens (tertiary/aromatic N) is 1. The van der Waals surface area contributed by atoms with Crippen LogP contribution in [-0.2, 0) is 19.6 Å². The summed E-state index contributed by atoms with van der Waals surface area (Å²) >= 11 is 5.87. The molecule has 1 saturated heterocycles. The van der Waals surface area contributed by atoms with Gasteiger partial charge in [0.25, 0.3) is 5.91 Å². The van der Waals surface area contributed by atoms with Gasteiger partial charge in [-0.15, -0.1) is 0 Å². The van der Waals surface area contributed by atoms with Crippen molar-refractivity contribution < 1.29 is 22.7 Å². The van der Waals surface area contributed by atoms with Gasteiger partial charge < -0.3 is 10.1 Å². The molecule has 2 N–H and O–H groups in total. The topological polar surface area (TPSA) is 105 Å². The molecule has 0 bridgehead atoms. The number of halogens is 1. The van der Waals surface area contributed by atoms with Crippen molar-refractivity contribution in [3.63, 3.8) is 0 Å². The van der Waals surface area contributed by atoms with Crippen LogP contribution in [0.15, 0.2) is 72.8 Å². The summed E-state index contributed by atoms with van der Waals surface area (Å²) in [7, 11) is -3.32. The number of carbonyl (C=O) groups is 2. The molecule has 3 aromatic rings. The maximum absolute atomic E-state index is 13.2. The van der Waals surface area contributed by atoms with Crippen molar-refractivity contribution in [2.45, 2.75) is 19.4 Å². The molecule has 2 amide bonds. The Morgan fingerprint density at radius 3 is 2.29 bits per heavy atom. The molecule has 4 rings (SSSR count). The maximum atomic E-state index is 13.2. The first-order valence-electron chi connectivity index (χ1n) is 10.9. The van der Waals surface area contributed by atoms with Gasteiger partial charge in [-0.25, -0.2) is 13.2 Å². The molecular weight excluding hydrogens is 490 g/mol. The zero-order chi connectivity index (χ0) is 25.0. The fraction of sp³-hybridized carbons (Fsp3) is 0.200. The van der Waals surface area contributed by atoms with E-state index in [2.05, 4.69) is 10.6 Å². The minimum atomic E-state index is -3.32. The summed E-state index contributed by atoms with van der Waals surface area (Å²) in [4.78, 5) is 25.7. The Bertz CT molecular complexity index is 1330. The van der Waals surface area contributed by atoms with Crippen LogP contribution in [0.5, 0.6) is 0 Å². The van der Waals surface area contributed by atoms with Crippen molar-refractivity contribution in [3.05, 3.63) is 88.9 Å². The lowest BCUT2D eigenvalue weighted by molar-refractivity contribution is -0.124. The van der Waals surface area contributed by atoms with Crippen LogP contribution in [0.1, 0.15) is 23.7 Å². The van der Waals surface area contributed by atoms with E-state index in [1.165, 1.54) is 4.31 Å². The van der Waals surface area contributed by atoms with Gasteiger partial charge in [-0.1, -0.05) is 41.9 Å². The van der Waals surface area contributed by atoms with E-state index in [-0.39, 0.29) is 5.75 Å². The van der Waals surface area contributed by atoms with Crippen molar-refractivity contribution in [1.82, 2.24) is 0 Å². The van der Waals surface area contributed by atoms with Crippen molar-refractivity contribution in [2.75, 3.05) is 27.2 Å². The fourth-order valence-electron chi connectivity index (χ4n) is 3.82. The van der Waals surface area contributed by atoms with Crippen molar-refractivity contribution >= 4 is 50.7 Å². The predicted molar refractivity (Wildman–Crippen MR) is 136 cm³/mol. The van der Waals surface area contributed by atoms with Crippen LogP contribution in [0.2, 0.25) is 5.02 Å². The van der Waals surface area contributed by atoms with E-state index in [0.29, 0.717) is 46.2 Å². The summed E-state index contributed by atoms with van der Waals surface area (Å²) in [6.07, 6.45) is -1.45. The number of hydrogen-bond donors (Lipinski definition) is 2. The number of anilines is 3. The van der Waals surface area contributed by atoms with Crippen LogP contribution in [-0.4, -0.2) is 32.7 Å². The van der Waals surface area contributed by atoms with E-state index >= 15 is 0 Å². The largest absolute Gasteiger partial charge is 0.431 e. The highest BCUT2D eigenvalue weighted by molar-refractivity contribution is 7.93. The third kappa shape index (κ3) is 5.93. The first kappa shape index (κ1) is 24.6. The molecule has 10 heteroatoms. The quantitative estimate of drug-likeness (QED) is 0.476. The Morgan fingerprint density at radius 1 is 0.971 bits per heavy atom. The Kier molecular flexibility index (Phi) is 7.28. The molecule has 0 saturated carbocycles. The Balaban J connectivity index is 1.51. The molecule has 1 unspecified atom stereocenters. The highest BCUT2D eigenvalue weighted by atomic mass is 35.5. The monoisotopic (exact) mass is 513 g/mol. The minimum absolute atomic E-state index is 0.124. The van der Waals surface area contributed by atoms with Gasteiger partial charge in [-0.3, -0.25) is 14.4 Å². The van der Waals surface area contributed by atoms with Crippen molar-refractivity contribution in [1.29, 1.82) is 0 Å². The van der Waals surface area contributed by atoms with Gasteiger partial charge in [0, 0.05) is 28.5 Å². The average molecular weight is 514 g/mol. The van der Waals surface area contributed by atoms with Crippen molar-refractivity contribution in [3.8, 4) is 0 Å². The average Bonchev–Trinajstić information content (AvgIpc) is 3.18. The number of rotatable bonds is 6. The van der Waals surface area contributed by atoms with E-state index in [4.69, 9.17) is 16.3 Å². The maximum Gasteiger partial charge on any atom is 0.412 e. The molecule has 182 valence electrons. The second-order valence-corrected chi connectivity index (χ2v) is 10.5. The highest BCUT2D eigenvalue weighted by Gasteiger charge is 2.30. The number of aryl methyl sites for hydroxylation is 1. The fourth-order valence-corrected chi connectivity index (χ4v) is 5.57.